The van der Waals surface area contributed by atoms with Gasteiger partial charge in [0.15, 0.2) is 0 Å². The van der Waals surface area contributed by atoms with Gasteiger partial charge in [-0.25, -0.2) is 0 Å². The zero-order chi connectivity index (χ0) is 12.4. The highest BCUT2D eigenvalue weighted by Crippen LogP contribution is 2.39. The van der Waals surface area contributed by atoms with Crippen molar-refractivity contribution in [3.63, 3.8) is 0 Å². The second-order valence-corrected chi connectivity index (χ2v) is 5.71. The Hall–Kier alpha value is -0.860. The van der Waals surface area contributed by atoms with Gasteiger partial charge in [-0.3, -0.25) is 0 Å². The maximum absolute atomic E-state index is 5.63. The summed E-state index contributed by atoms with van der Waals surface area (Å²) in [6.45, 7) is 1.90. The van der Waals surface area contributed by atoms with Crippen LogP contribution in [0.15, 0.2) is 24.3 Å². The SMILES string of the molecule is CNC(CC1Cc2ccccc21)C1CCCOC1. The minimum absolute atomic E-state index is 0.614. The number of hydrogen-bond donors (Lipinski definition) is 1. The van der Waals surface area contributed by atoms with E-state index in [2.05, 4.69) is 36.6 Å². The fourth-order valence-corrected chi connectivity index (χ4v) is 3.51. The van der Waals surface area contributed by atoms with Gasteiger partial charge in [-0.15, -0.1) is 0 Å². The van der Waals surface area contributed by atoms with Crippen LogP contribution in [0.25, 0.3) is 0 Å². The molecule has 0 radical (unpaired) electrons. The van der Waals surface area contributed by atoms with Crippen LogP contribution in [0.4, 0.5) is 0 Å². The van der Waals surface area contributed by atoms with Gasteiger partial charge in [0.05, 0.1) is 6.61 Å². The van der Waals surface area contributed by atoms with E-state index in [4.69, 9.17) is 4.74 Å². The monoisotopic (exact) mass is 245 g/mol. The Kier molecular flexibility index (Phi) is 3.67. The van der Waals surface area contributed by atoms with Crippen LogP contribution < -0.4 is 5.32 Å². The second-order valence-electron chi connectivity index (χ2n) is 5.71. The van der Waals surface area contributed by atoms with Crippen molar-refractivity contribution >= 4 is 0 Å². The third kappa shape index (κ3) is 2.32. The van der Waals surface area contributed by atoms with Gasteiger partial charge in [-0.05, 0) is 55.7 Å². The van der Waals surface area contributed by atoms with Gasteiger partial charge in [0.25, 0.3) is 0 Å². The molecule has 1 saturated heterocycles. The zero-order valence-electron chi connectivity index (χ0n) is 11.2. The van der Waals surface area contributed by atoms with Crippen molar-refractivity contribution in [2.24, 2.45) is 5.92 Å². The van der Waals surface area contributed by atoms with Crippen LogP contribution in [0.5, 0.6) is 0 Å². The quantitative estimate of drug-likeness (QED) is 0.880. The van der Waals surface area contributed by atoms with Gasteiger partial charge >= 0.3 is 0 Å². The molecule has 0 amide bonds. The van der Waals surface area contributed by atoms with Crippen LogP contribution in [0, 0.1) is 5.92 Å². The maximum atomic E-state index is 5.63. The molecular weight excluding hydrogens is 222 g/mol. The molecule has 1 fully saturated rings. The number of hydrogen-bond acceptors (Lipinski definition) is 2. The molecule has 2 heteroatoms. The van der Waals surface area contributed by atoms with E-state index < -0.39 is 0 Å². The molecule has 1 heterocycles. The summed E-state index contributed by atoms with van der Waals surface area (Å²) in [5.74, 6) is 1.47. The largest absolute Gasteiger partial charge is 0.381 e. The van der Waals surface area contributed by atoms with Crippen LogP contribution in [0.2, 0.25) is 0 Å². The fourth-order valence-electron chi connectivity index (χ4n) is 3.51. The molecule has 1 aromatic carbocycles. The summed E-state index contributed by atoms with van der Waals surface area (Å²) in [4.78, 5) is 0. The van der Waals surface area contributed by atoms with E-state index in [1.54, 1.807) is 11.1 Å². The van der Waals surface area contributed by atoms with E-state index in [0.717, 1.165) is 19.1 Å². The highest BCUT2D eigenvalue weighted by atomic mass is 16.5. The molecule has 0 saturated carbocycles. The molecule has 18 heavy (non-hydrogen) atoms. The molecule has 1 aliphatic heterocycles. The Balaban J connectivity index is 1.61. The first kappa shape index (κ1) is 12.2. The lowest BCUT2D eigenvalue weighted by Gasteiger charge is -2.37. The summed E-state index contributed by atoms with van der Waals surface area (Å²) in [5.41, 5.74) is 3.13. The lowest BCUT2D eigenvalue weighted by Crippen LogP contribution is -2.40. The average molecular weight is 245 g/mol. The number of ether oxygens (including phenoxy) is 1. The van der Waals surface area contributed by atoms with Crippen LogP contribution >= 0.6 is 0 Å². The Morgan fingerprint density at radius 3 is 3.00 bits per heavy atom. The number of fused-ring (bicyclic) bond motifs is 1. The van der Waals surface area contributed by atoms with Crippen LogP contribution in [0.1, 0.15) is 36.3 Å². The van der Waals surface area contributed by atoms with Gasteiger partial charge in [0.2, 0.25) is 0 Å². The molecule has 98 valence electrons. The normalized spacial score (nSPS) is 28.3. The minimum Gasteiger partial charge on any atom is -0.381 e. The number of nitrogens with one attached hydrogen (secondary N) is 1. The molecule has 3 unspecified atom stereocenters. The van der Waals surface area contributed by atoms with Crippen molar-refractivity contribution in [1.29, 1.82) is 0 Å². The van der Waals surface area contributed by atoms with Crippen LogP contribution in [-0.2, 0) is 11.2 Å². The summed E-state index contributed by atoms with van der Waals surface area (Å²) in [6, 6.07) is 9.50. The van der Waals surface area contributed by atoms with Crippen molar-refractivity contribution in [2.75, 3.05) is 20.3 Å². The molecule has 0 bridgehead atoms. The van der Waals surface area contributed by atoms with E-state index >= 15 is 0 Å². The Labute approximate surface area is 110 Å². The molecule has 1 aliphatic carbocycles. The first-order valence-corrected chi connectivity index (χ1v) is 7.21. The lowest BCUT2D eigenvalue weighted by molar-refractivity contribution is 0.0376. The van der Waals surface area contributed by atoms with Gasteiger partial charge in [-0.2, -0.15) is 0 Å². The summed E-state index contributed by atoms with van der Waals surface area (Å²) in [5, 5.41) is 3.52. The van der Waals surface area contributed by atoms with E-state index in [9.17, 15) is 0 Å². The third-order valence-electron chi connectivity index (χ3n) is 4.64. The topological polar surface area (TPSA) is 21.3 Å². The molecule has 2 aliphatic rings. The predicted molar refractivity (Wildman–Crippen MR) is 73.9 cm³/mol. The van der Waals surface area contributed by atoms with E-state index in [-0.39, 0.29) is 0 Å². The number of rotatable bonds is 4. The molecule has 3 rings (SSSR count). The van der Waals surface area contributed by atoms with E-state index in [1.807, 2.05) is 0 Å². The molecular formula is C16H23NO. The molecule has 3 atom stereocenters. The molecule has 0 aromatic heterocycles. The van der Waals surface area contributed by atoms with Crippen molar-refractivity contribution in [3.05, 3.63) is 35.4 Å². The minimum atomic E-state index is 0.614. The Bertz CT molecular complexity index is 398. The highest BCUT2D eigenvalue weighted by molar-refractivity contribution is 5.39. The van der Waals surface area contributed by atoms with Gasteiger partial charge < -0.3 is 10.1 Å². The summed E-state index contributed by atoms with van der Waals surface area (Å²) in [7, 11) is 2.10. The summed E-state index contributed by atoms with van der Waals surface area (Å²) >= 11 is 0. The Morgan fingerprint density at radius 2 is 2.28 bits per heavy atom. The maximum Gasteiger partial charge on any atom is 0.0509 e. The smallest absolute Gasteiger partial charge is 0.0509 e. The van der Waals surface area contributed by atoms with E-state index in [1.165, 1.54) is 25.7 Å². The van der Waals surface area contributed by atoms with E-state index in [0.29, 0.717) is 12.0 Å². The van der Waals surface area contributed by atoms with Crippen molar-refractivity contribution in [3.8, 4) is 0 Å². The van der Waals surface area contributed by atoms with Gasteiger partial charge in [-0.1, -0.05) is 24.3 Å². The fraction of sp³-hybridized carbons (Fsp3) is 0.625. The predicted octanol–water partition coefficient (Wildman–Crippen LogP) is 2.73. The first-order chi connectivity index (χ1) is 8.88. The van der Waals surface area contributed by atoms with Crippen molar-refractivity contribution in [1.82, 2.24) is 5.32 Å². The number of benzene rings is 1. The standard InChI is InChI=1S/C16H23NO/c1-17-16(13-6-4-8-18-11-13)10-14-9-12-5-2-3-7-15(12)14/h2-3,5,7,13-14,16-17H,4,6,8-11H2,1H3. The summed E-state index contributed by atoms with van der Waals surface area (Å²) in [6.07, 6.45) is 5.08. The first-order valence-electron chi connectivity index (χ1n) is 7.21. The molecule has 0 spiro atoms. The Morgan fingerprint density at radius 1 is 1.39 bits per heavy atom. The molecule has 1 N–H and O–H groups in total. The van der Waals surface area contributed by atoms with Crippen molar-refractivity contribution < 1.29 is 4.74 Å². The average Bonchev–Trinajstić information content (AvgIpc) is 2.41. The van der Waals surface area contributed by atoms with Gasteiger partial charge in [0, 0.05) is 12.6 Å². The lowest BCUT2D eigenvalue weighted by atomic mass is 9.72. The van der Waals surface area contributed by atoms with Crippen LogP contribution in [0.3, 0.4) is 0 Å². The van der Waals surface area contributed by atoms with Gasteiger partial charge in [0.1, 0.15) is 0 Å². The summed E-state index contributed by atoms with van der Waals surface area (Å²) < 4.78 is 5.63. The molecule has 1 aromatic rings. The highest BCUT2D eigenvalue weighted by Gasteiger charge is 2.31. The second kappa shape index (κ2) is 5.41. The zero-order valence-corrected chi connectivity index (χ0v) is 11.2. The third-order valence-corrected chi connectivity index (χ3v) is 4.64. The molecule has 2 nitrogen and oxygen atoms in total. The van der Waals surface area contributed by atoms with Crippen molar-refractivity contribution in [2.45, 2.75) is 37.6 Å². The van der Waals surface area contributed by atoms with Crippen LogP contribution in [-0.4, -0.2) is 26.3 Å².